The van der Waals surface area contributed by atoms with E-state index in [1.165, 1.54) is 12.0 Å². The Hall–Kier alpha value is -2.25. The Morgan fingerprint density at radius 1 is 1.44 bits per heavy atom. The number of ether oxygens (including phenoxy) is 1. The third-order valence-corrected chi connectivity index (χ3v) is 5.71. The van der Waals surface area contributed by atoms with Crippen LogP contribution in [0.3, 0.4) is 0 Å². The van der Waals surface area contributed by atoms with Gasteiger partial charge in [-0.3, -0.25) is 9.89 Å². The number of aromatic amines is 1. The van der Waals surface area contributed by atoms with Gasteiger partial charge in [0.15, 0.2) is 5.69 Å². The summed E-state index contributed by atoms with van der Waals surface area (Å²) in [6, 6.07) is 5.17. The number of benzene rings is 1. The van der Waals surface area contributed by atoms with Crippen molar-refractivity contribution in [1.82, 2.24) is 15.1 Å². The van der Waals surface area contributed by atoms with Crippen molar-refractivity contribution >= 4 is 16.8 Å². The van der Waals surface area contributed by atoms with Crippen LogP contribution in [-0.2, 0) is 0 Å². The van der Waals surface area contributed by atoms with Crippen molar-refractivity contribution in [3.63, 3.8) is 0 Å². The number of carbonyl (C=O) groups excluding carboxylic acids is 1. The summed E-state index contributed by atoms with van der Waals surface area (Å²) in [7, 11) is 1.51. The molecule has 1 aliphatic heterocycles. The Kier molecular flexibility index (Phi) is 3.49. The fourth-order valence-corrected chi connectivity index (χ4v) is 4.41. The number of rotatable bonds is 2. The van der Waals surface area contributed by atoms with E-state index >= 15 is 0 Å². The molecule has 1 aromatic heterocycles. The van der Waals surface area contributed by atoms with E-state index in [1.807, 2.05) is 0 Å². The summed E-state index contributed by atoms with van der Waals surface area (Å²) in [5.41, 5.74) is -1.05. The zero-order valence-corrected chi connectivity index (χ0v) is 13.7. The van der Waals surface area contributed by atoms with Crippen molar-refractivity contribution in [3.8, 4) is 5.75 Å². The molecule has 1 aliphatic carbocycles. The van der Waals surface area contributed by atoms with Crippen molar-refractivity contribution in [2.24, 2.45) is 11.3 Å². The summed E-state index contributed by atoms with van der Waals surface area (Å²) >= 11 is 0. The van der Waals surface area contributed by atoms with E-state index in [9.17, 15) is 18.0 Å². The van der Waals surface area contributed by atoms with Crippen molar-refractivity contribution in [2.75, 3.05) is 20.2 Å². The third kappa shape index (κ3) is 2.22. The third-order valence-electron chi connectivity index (χ3n) is 5.71. The number of methoxy groups -OCH3 is 1. The van der Waals surface area contributed by atoms with Crippen LogP contribution in [0.25, 0.3) is 10.9 Å². The fourth-order valence-electron chi connectivity index (χ4n) is 4.41. The molecule has 25 heavy (non-hydrogen) atoms. The predicted molar refractivity (Wildman–Crippen MR) is 84.4 cm³/mol. The smallest absolute Gasteiger partial charge is 0.396 e. The van der Waals surface area contributed by atoms with E-state index in [-0.39, 0.29) is 25.2 Å². The van der Waals surface area contributed by atoms with E-state index in [0.29, 0.717) is 29.5 Å². The normalized spacial score (nSPS) is 26.2. The van der Waals surface area contributed by atoms with E-state index < -0.39 is 23.4 Å². The maximum atomic E-state index is 13.7. The van der Waals surface area contributed by atoms with Crippen molar-refractivity contribution < 1.29 is 22.7 Å². The Bertz CT molecular complexity index is 832. The molecule has 1 aromatic carbocycles. The highest BCUT2D eigenvalue weighted by Gasteiger charge is 2.65. The van der Waals surface area contributed by atoms with Gasteiger partial charge in [0, 0.05) is 18.5 Å². The van der Waals surface area contributed by atoms with Crippen LogP contribution in [0.1, 0.15) is 29.8 Å². The standard InChI is InChI=1S/C17H18F3N3O2/c1-25-12-6-2-5-11-13(12)21-22-14(11)15(24)23-8-10-4-3-7-16(10,9-23)17(18,19)20/h2,5-6,10H,3-4,7-9H2,1H3,(H,21,22)/t10-,16-/m0/s1. The molecular formula is C17H18F3N3O2. The number of likely N-dealkylation sites (tertiary alicyclic amines) is 1. The summed E-state index contributed by atoms with van der Waals surface area (Å²) in [5.74, 6) is -0.442. The number of carbonyl (C=O) groups is 1. The SMILES string of the molecule is COc1cccc2c(C(=O)N3C[C@@H]4CCC[C@]4(C(F)(F)F)C3)n[nH]c12. The summed E-state index contributed by atoms with van der Waals surface area (Å²) < 4.78 is 46.2. The molecule has 134 valence electrons. The minimum absolute atomic E-state index is 0.0973. The second-order valence-corrected chi connectivity index (χ2v) is 6.88. The van der Waals surface area contributed by atoms with E-state index in [1.54, 1.807) is 18.2 Å². The molecule has 4 rings (SSSR count). The molecule has 1 saturated carbocycles. The number of aromatic nitrogens is 2. The van der Waals surface area contributed by atoms with E-state index in [0.717, 1.165) is 0 Å². The van der Waals surface area contributed by atoms with Gasteiger partial charge in [0.05, 0.1) is 12.5 Å². The number of amides is 1. The number of nitrogens with one attached hydrogen (secondary N) is 1. The molecule has 2 aliphatic rings. The van der Waals surface area contributed by atoms with Gasteiger partial charge in [-0.1, -0.05) is 18.6 Å². The molecule has 2 atom stereocenters. The number of para-hydroxylation sites is 1. The molecule has 1 N–H and O–H groups in total. The summed E-state index contributed by atoms with van der Waals surface area (Å²) in [6.07, 6.45) is -3.12. The molecule has 0 bridgehead atoms. The first-order valence-electron chi connectivity index (χ1n) is 8.24. The van der Waals surface area contributed by atoms with Crippen LogP contribution in [0.15, 0.2) is 18.2 Å². The Morgan fingerprint density at radius 2 is 2.24 bits per heavy atom. The fraction of sp³-hybridized carbons (Fsp3) is 0.529. The number of nitrogens with zero attached hydrogens (tertiary/aromatic N) is 2. The lowest BCUT2D eigenvalue weighted by Crippen LogP contribution is -2.42. The molecule has 1 amide bonds. The molecular weight excluding hydrogens is 335 g/mol. The predicted octanol–water partition coefficient (Wildman–Crippen LogP) is 3.38. The minimum atomic E-state index is -4.29. The van der Waals surface area contributed by atoms with Gasteiger partial charge in [-0.2, -0.15) is 18.3 Å². The molecule has 1 saturated heterocycles. The zero-order valence-electron chi connectivity index (χ0n) is 13.7. The minimum Gasteiger partial charge on any atom is -0.494 e. The monoisotopic (exact) mass is 353 g/mol. The number of H-pyrrole nitrogens is 1. The zero-order chi connectivity index (χ0) is 17.8. The second kappa shape index (κ2) is 5.37. The van der Waals surface area contributed by atoms with Crippen molar-refractivity contribution in [2.45, 2.75) is 25.4 Å². The summed E-state index contributed by atoms with van der Waals surface area (Å²) in [6.45, 7) is -0.144. The molecule has 0 radical (unpaired) electrons. The van der Waals surface area contributed by atoms with Gasteiger partial charge in [-0.15, -0.1) is 0 Å². The first kappa shape index (κ1) is 16.2. The first-order valence-corrected chi connectivity index (χ1v) is 8.24. The lowest BCUT2D eigenvalue weighted by molar-refractivity contribution is -0.226. The molecule has 8 heteroatoms. The molecule has 5 nitrogen and oxygen atoms in total. The van der Waals surface area contributed by atoms with Gasteiger partial charge >= 0.3 is 6.18 Å². The largest absolute Gasteiger partial charge is 0.494 e. The van der Waals surface area contributed by atoms with Gasteiger partial charge in [0.1, 0.15) is 11.3 Å². The maximum absolute atomic E-state index is 13.7. The Labute approximate surface area is 142 Å². The van der Waals surface area contributed by atoms with Gasteiger partial charge in [0.25, 0.3) is 5.91 Å². The molecule has 2 heterocycles. The van der Waals surface area contributed by atoms with E-state index in [4.69, 9.17) is 4.74 Å². The molecule has 2 fully saturated rings. The van der Waals surface area contributed by atoms with Crippen molar-refractivity contribution in [3.05, 3.63) is 23.9 Å². The van der Waals surface area contributed by atoms with Crippen LogP contribution in [0, 0.1) is 11.3 Å². The van der Waals surface area contributed by atoms with Crippen LogP contribution in [0.5, 0.6) is 5.75 Å². The van der Waals surface area contributed by atoms with Crippen LogP contribution < -0.4 is 4.74 Å². The summed E-state index contributed by atoms with van der Waals surface area (Å²) in [4.78, 5) is 14.2. The lowest BCUT2D eigenvalue weighted by atomic mass is 9.80. The maximum Gasteiger partial charge on any atom is 0.396 e. The summed E-state index contributed by atoms with van der Waals surface area (Å²) in [5, 5.41) is 7.37. The lowest BCUT2D eigenvalue weighted by Gasteiger charge is -2.31. The van der Waals surface area contributed by atoms with Gasteiger partial charge in [-0.05, 0) is 24.8 Å². The van der Waals surface area contributed by atoms with Crippen LogP contribution in [0.2, 0.25) is 0 Å². The molecule has 0 unspecified atom stereocenters. The van der Waals surface area contributed by atoms with Crippen LogP contribution in [0.4, 0.5) is 13.2 Å². The number of fused-ring (bicyclic) bond motifs is 2. The highest BCUT2D eigenvalue weighted by atomic mass is 19.4. The average molecular weight is 353 g/mol. The molecule has 2 aromatic rings. The first-order chi connectivity index (χ1) is 11.9. The Morgan fingerprint density at radius 3 is 2.92 bits per heavy atom. The van der Waals surface area contributed by atoms with Gasteiger partial charge in [0.2, 0.25) is 0 Å². The quantitative estimate of drug-likeness (QED) is 0.901. The van der Waals surface area contributed by atoms with E-state index in [2.05, 4.69) is 10.2 Å². The van der Waals surface area contributed by atoms with Gasteiger partial charge in [-0.25, -0.2) is 0 Å². The highest BCUT2D eigenvalue weighted by molar-refractivity contribution is 6.06. The number of halogens is 3. The topological polar surface area (TPSA) is 58.2 Å². The highest BCUT2D eigenvalue weighted by Crippen LogP contribution is 2.57. The Balaban J connectivity index is 1.67. The number of alkyl halides is 3. The second-order valence-electron chi connectivity index (χ2n) is 6.88. The average Bonchev–Trinajstić information content (AvgIpc) is 3.24. The molecule has 0 spiro atoms. The number of hydrogen-bond acceptors (Lipinski definition) is 3. The van der Waals surface area contributed by atoms with Gasteiger partial charge < -0.3 is 9.64 Å². The van der Waals surface area contributed by atoms with Crippen LogP contribution >= 0.6 is 0 Å². The van der Waals surface area contributed by atoms with Crippen LogP contribution in [-0.4, -0.2) is 47.4 Å². The van der Waals surface area contributed by atoms with Crippen molar-refractivity contribution in [1.29, 1.82) is 0 Å². The number of hydrogen-bond donors (Lipinski definition) is 1.